The Labute approximate surface area is 144 Å². The molecule has 3 aromatic rings. The minimum atomic E-state index is -0.0953. The second-order valence-corrected chi connectivity index (χ2v) is 6.25. The number of nitrogens with one attached hydrogen (secondary N) is 2. The molecule has 0 saturated heterocycles. The summed E-state index contributed by atoms with van der Waals surface area (Å²) >= 11 is 1.36. The highest BCUT2D eigenvalue weighted by Crippen LogP contribution is 2.25. The summed E-state index contributed by atoms with van der Waals surface area (Å²) in [6, 6.07) is 15.6. The Bertz CT molecular complexity index is 802. The fourth-order valence-electron chi connectivity index (χ4n) is 2.24. The van der Waals surface area contributed by atoms with E-state index in [1.165, 1.54) is 11.3 Å². The molecular formula is C18H18N4OS. The molecule has 2 aromatic heterocycles. The normalized spacial score (nSPS) is 10.4. The molecule has 0 bridgehead atoms. The van der Waals surface area contributed by atoms with Crippen molar-refractivity contribution in [2.24, 2.45) is 0 Å². The van der Waals surface area contributed by atoms with E-state index in [1.54, 1.807) is 6.20 Å². The van der Waals surface area contributed by atoms with Crippen LogP contribution in [0.3, 0.4) is 0 Å². The summed E-state index contributed by atoms with van der Waals surface area (Å²) in [5, 5.41) is 6.86. The number of para-hydroxylation sites is 1. The van der Waals surface area contributed by atoms with Gasteiger partial charge in [-0.25, -0.2) is 4.98 Å². The maximum atomic E-state index is 12.3. The summed E-state index contributed by atoms with van der Waals surface area (Å²) in [5.74, 6) is -0.0953. The van der Waals surface area contributed by atoms with Gasteiger partial charge < -0.3 is 10.6 Å². The maximum absolute atomic E-state index is 12.3. The Morgan fingerprint density at radius 2 is 1.92 bits per heavy atom. The molecule has 0 aliphatic rings. The first-order valence-electron chi connectivity index (χ1n) is 7.70. The van der Waals surface area contributed by atoms with Crippen molar-refractivity contribution in [3.05, 3.63) is 71.0 Å². The summed E-state index contributed by atoms with van der Waals surface area (Å²) in [5.41, 5.74) is 2.65. The van der Waals surface area contributed by atoms with E-state index in [9.17, 15) is 4.79 Å². The topological polar surface area (TPSA) is 66.9 Å². The highest BCUT2D eigenvalue weighted by molar-refractivity contribution is 7.17. The van der Waals surface area contributed by atoms with Crippen LogP contribution in [0.1, 0.15) is 21.1 Å². The van der Waals surface area contributed by atoms with E-state index in [4.69, 9.17) is 0 Å². The van der Waals surface area contributed by atoms with E-state index in [1.807, 2.05) is 55.5 Å². The van der Waals surface area contributed by atoms with Gasteiger partial charge in [0.25, 0.3) is 5.91 Å². The van der Waals surface area contributed by atoms with Crippen molar-refractivity contribution in [1.29, 1.82) is 0 Å². The molecule has 1 amide bonds. The molecule has 2 heterocycles. The van der Waals surface area contributed by atoms with Gasteiger partial charge in [-0.2, -0.15) is 0 Å². The van der Waals surface area contributed by atoms with Crippen LogP contribution in [-0.4, -0.2) is 22.4 Å². The number of rotatable bonds is 6. The van der Waals surface area contributed by atoms with Crippen molar-refractivity contribution in [3.8, 4) is 0 Å². The number of benzene rings is 1. The summed E-state index contributed by atoms with van der Waals surface area (Å²) in [7, 11) is 0. The van der Waals surface area contributed by atoms with Crippen molar-refractivity contribution in [3.63, 3.8) is 0 Å². The Morgan fingerprint density at radius 1 is 1.12 bits per heavy atom. The predicted octanol–water partition coefficient (Wildman–Crippen LogP) is 3.56. The van der Waals surface area contributed by atoms with Gasteiger partial charge in [0, 0.05) is 30.5 Å². The summed E-state index contributed by atoms with van der Waals surface area (Å²) < 4.78 is 0. The van der Waals surface area contributed by atoms with Gasteiger partial charge in [0.05, 0.1) is 5.69 Å². The quantitative estimate of drug-likeness (QED) is 0.721. The van der Waals surface area contributed by atoms with E-state index in [-0.39, 0.29) is 5.91 Å². The molecule has 1 aromatic carbocycles. The molecule has 3 rings (SSSR count). The van der Waals surface area contributed by atoms with Crippen molar-refractivity contribution in [2.75, 3.05) is 11.9 Å². The standard InChI is InChI=1S/C18H18N4OS/c1-13-16(17(23)20-12-10-14-7-5-6-11-19-14)24-18(21-13)22-15-8-3-2-4-9-15/h2-9,11H,10,12H2,1H3,(H,20,23)(H,21,22). The first-order valence-corrected chi connectivity index (χ1v) is 8.51. The van der Waals surface area contributed by atoms with Gasteiger partial charge in [-0.3, -0.25) is 9.78 Å². The van der Waals surface area contributed by atoms with Crippen molar-refractivity contribution in [1.82, 2.24) is 15.3 Å². The van der Waals surface area contributed by atoms with Crippen LogP contribution in [0.15, 0.2) is 54.7 Å². The number of nitrogens with zero attached hydrogens (tertiary/aromatic N) is 2. The molecule has 0 radical (unpaired) electrons. The molecule has 0 aliphatic heterocycles. The fourth-order valence-corrected chi connectivity index (χ4v) is 3.14. The molecule has 6 heteroatoms. The lowest BCUT2D eigenvalue weighted by atomic mass is 10.2. The first kappa shape index (κ1) is 16.1. The Morgan fingerprint density at radius 3 is 2.67 bits per heavy atom. The van der Waals surface area contributed by atoms with Crippen LogP contribution in [0.5, 0.6) is 0 Å². The van der Waals surface area contributed by atoms with Gasteiger partial charge in [0.15, 0.2) is 5.13 Å². The molecule has 0 aliphatic carbocycles. The third-order valence-electron chi connectivity index (χ3n) is 3.42. The number of hydrogen-bond donors (Lipinski definition) is 2. The lowest BCUT2D eigenvalue weighted by molar-refractivity contribution is 0.0957. The van der Waals surface area contributed by atoms with E-state index >= 15 is 0 Å². The van der Waals surface area contributed by atoms with Crippen molar-refractivity contribution >= 4 is 28.1 Å². The molecule has 24 heavy (non-hydrogen) atoms. The lowest BCUT2D eigenvalue weighted by Gasteiger charge is -2.03. The predicted molar refractivity (Wildman–Crippen MR) is 96.8 cm³/mol. The fraction of sp³-hybridized carbons (Fsp3) is 0.167. The number of aromatic nitrogens is 2. The molecule has 0 unspecified atom stereocenters. The zero-order chi connectivity index (χ0) is 16.8. The number of amides is 1. The number of thiazole rings is 1. The third kappa shape index (κ3) is 4.17. The van der Waals surface area contributed by atoms with Gasteiger partial charge in [-0.05, 0) is 31.2 Å². The first-order chi connectivity index (χ1) is 11.7. The van der Waals surface area contributed by atoms with Gasteiger partial charge in [-0.1, -0.05) is 35.6 Å². The molecule has 5 nitrogen and oxygen atoms in total. The van der Waals surface area contributed by atoms with Crippen LogP contribution in [0.2, 0.25) is 0 Å². The second kappa shape index (κ2) is 7.70. The number of carbonyl (C=O) groups excluding carboxylic acids is 1. The van der Waals surface area contributed by atoms with Crippen molar-refractivity contribution in [2.45, 2.75) is 13.3 Å². The van der Waals surface area contributed by atoms with E-state index in [0.29, 0.717) is 23.0 Å². The number of anilines is 2. The molecular weight excluding hydrogens is 320 g/mol. The van der Waals surface area contributed by atoms with Crippen LogP contribution in [0.4, 0.5) is 10.8 Å². The van der Waals surface area contributed by atoms with E-state index in [0.717, 1.165) is 17.1 Å². The van der Waals surface area contributed by atoms with Gasteiger partial charge in [-0.15, -0.1) is 0 Å². The largest absolute Gasteiger partial charge is 0.351 e. The molecule has 0 fully saturated rings. The van der Waals surface area contributed by atoms with Crippen LogP contribution >= 0.6 is 11.3 Å². The number of pyridine rings is 1. The van der Waals surface area contributed by atoms with Crippen LogP contribution in [0.25, 0.3) is 0 Å². The third-order valence-corrected chi connectivity index (χ3v) is 4.49. The van der Waals surface area contributed by atoms with Gasteiger partial charge in [0.2, 0.25) is 0 Å². The van der Waals surface area contributed by atoms with Crippen LogP contribution in [0, 0.1) is 6.92 Å². The molecule has 122 valence electrons. The number of carbonyl (C=O) groups is 1. The van der Waals surface area contributed by atoms with Crippen molar-refractivity contribution < 1.29 is 4.79 Å². The summed E-state index contributed by atoms with van der Waals surface area (Å²) in [6.45, 7) is 2.40. The Kier molecular flexibility index (Phi) is 5.18. The monoisotopic (exact) mass is 338 g/mol. The molecule has 0 saturated carbocycles. The van der Waals surface area contributed by atoms with Crippen LogP contribution in [-0.2, 0) is 6.42 Å². The lowest BCUT2D eigenvalue weighted by Crippen LogP contribution is -2.25. The second-order valence-electron chi connectivity index (χ2n) is 5.25. The number of hydrogen-bond acceptors (Lipinski definition) is 5. The van der Waals surface area contributed by atoms with E-state index in [2.05, 4.69) is 20.6 Å². The molecule has 2 N–H and O–H groups in total. The highest BCUT2D eigenvalue weighted by Gasteiger charge is 2.15. The smallest absolute Gasteiger partial charge is 0.263 e. The number of aryl methyl sites for hydroxylation is 1. The molecule has 0 atom stereocenters. The highest BCUT2D eigenvalue weighted by atomic mass is 32.1. The zero-order valence-electron chi connectivity index (χ0n) is 13.3. The summed E-state index contributed by atoms with van der Waals surface area (Å²) in [6.07, 6.45) is 2.46. The summed E-state index contributed by atoms with van der Waals surface area (Å²) in [4.78, 5) is 21.6. The minimum Gasteiger partial charge on any atom is -0.351 e. The van der Waals surface area contributed by atoms with Gasteiger partial charge >= 0.3 is 0 Å². The maximum Gasteiger partial charge on any atom is 0.263 e. The molecule has 0 spiro atoms. The SMILES string of the molecule is Cc1nc(Nc2ccccc2)sc1C(=O)NCCc1ccccn1. The van der Waals surface area contributed by atoms with Crippen LogP contribution < -0.4 is 10.6 Å². The minimum absolute atomic E-state index is 0.0953. The average Bonchev–Trinajstić information content (AvgIpc) is 2.97. The Hall–Kier alpha value is -2.73. The zero-order valence-corrected chi connectivity index (χ0v) is 14.1. The Balaban J connectivity index is 1.59. The van der Waals surface area contributed by atoms with Gasteiger partial charge in [0.1, 0.15) is 4.88 Å². The van der Waals surface area contributed by atoms with E-state index < -0.39 is 0 Å². The average molecular weight is 338 g/mol.